The second kappa shape index (κ2) is 7.78. The molecular weight excluding hydrogens is 429 g/mol. The van der Waals surface area contributed by atoms with Gasteiger partial charge in [-0.1, -0.05) is 19.1 Å². The molecular formula is C22H21F3N2O3S. The normalized spacial score (nSPS) is 20.5. The smallest absolute Gasteiger partial charge is 0.416 e. The van der Waals surface area contributed by atoms with Crippen LogP contribution >= 0.6 is 11.8 Å². The number of alkyl halides is 3. The van der Waals surface area contributed by atoms with E-state index in [9.17, 15) is 22.8 Å². The number of carbonyl (C=O) groups is 2. The standard InChI is InChI=1S/C22H21F3N2O3S/c1-3-19(28)27-10-11-31-21(27)17-12-16(30-2)8-9-18(17)26(20(21)29)13-14-4-6-15(7-5-14)22(23,24)25/h4-9,12H,3,10-11,13H2,1-2H3/t21-/m0/s1. The third-order valence-electron chi connectivity index (χ3n) is 5.63. The summed E-state index contributed by atoms with van der Waals surface area (Å²) >= 11 is 1.40. The summed E-state index contributed by atoms with van der Waals surface area (Å²) in [5.74, 6) is 0.796. The number of halogens is 3. The predicted molar refractivity (Wildman–Crippen MR) is 112 cm³/mol. The van der Waals surface area contributed by atoms with Crippen LogP contribution in [0.15, 0.2) is 42.5 Å². The van der Waals surface area contributed by atoms with Gasteiger partial charge in [0.15, 0.2) is 4.87 Å². The second-order valence-corrected chi connectivity index (χ2v) is 8.65. The lowest BCUT2D eigenvalue weighted by Gasteiger charge is -2.33. The number of fused-ring (bicyclic) bond motifs is 2. The summed E-state index contributed by atoms with van der Waals surface area (Å²) in [5, 5.41) is 0. The Hall–Kier alpha value is -2.68. The van der Waals surface area contributed by atoms with Crippen molar-refractivity contribution < 1.29 is 27.5 Å². The molecule has 4 rings (SSSR count). The van der Waals surface area contributed by atoms with Gasteiger partial charge in [-0.3, -0.25) is 9.59 Å². The zero-order valence-electron chi connectivity index (χ0n) is 17.0. The molecule has 5 nitrogen and oxygen atoms in total. The Labute approximate surface area is 182 Å². The minimum Gasteiger partial charge on any atom is -0.497 e. The molecule has 1 spiro atoms. The summed E-state index contributed by atoms with van der Waals surface area (Å²) in [4.78, 5) is 28.4. The van der Waals surface area contributed by atoms with E-state index in [-0.39, 0.29) is 24.8 Å². The Bertz CT molecular complexity index is 1030. The highest BCUT2D eigenvalue weighted by Crippen LogP contribution is 2.55. The van der Waals surface area contributed by atoms with Crippen LogP contribution in [0.3, 0.4) is 0 Å². The van der Waals surface area contributed by atoms with E-state index in [1.807, 2.05) is 0 Å². The fourth-order valence-electron chi connectivity index (χ4n) is 4.11. The molecule has 0 aromatic heterocycles. The molecule has 1 atom stereocenters. The third-order valence-corrected chi connectivity index (χ3v) is 7.05. The largest absolute Gasteiger partial charge is 0.497 e. The molecule has 2 aliphatic rings. The molecule has 1 saturated heterocycles. The van der Waals surface area contributed by atoms with Crippen molar-refractivity contribution in [2.45, 2.75) is 30.9 Å². The highest BCUT2D eigenvalue weighted by molar-refractivity contribution is 8.01. The Morgan fingerprint density at radius 3 is 2.52 bits per heavy atom. The van der Waals surface area contributed by atoms with Gasteiger partial charge in [0.2, 0.25) is 5.91 Å². The van der Waals surface area contributed by atoms with Gasteiger partial charge in [-0.15, -0.1) is 11.8 Å². The van der Waals surface area contributed by atoms with Gasteiger partial charge >= 0.3 is 6.18 Å². The first kappa shape index (κ1) is 21.5. The predicted octanol–water partition coefficient (Wildman–Crippen LogP) is 4.40. The van der Waals surface area contributed by atoms with Crippen molar-refractivity contribution in [3.63, 3.8) is 0 Å². The topological polar surface area (TPSA) is 49.9 Å². The van der Waals surface area contributed by atoms with Crippen LogP contribution in [0.5, 0.6) is 5.75 Å². The van der Waals surface area contributed by atoms with Crippen molar-refractivity contribution in [2.24, 2.45) is 0 Å². The molecule has 2 aromatic carbocycles. The number of hydrogen-bond donors (Lipinski definition) is 0. The quantitative estimate of drug-likeness (QED) is 0.693. The molecule has 0 N–H and O–H groups in total. The number of rotatable bonds is 4. The molecule has 2 heterocycles. The molecule has 164 valence electrons. The van der Waals surface area contributed by atoms with Crippen molar-refractivity contribution in [3.05, 3.63) is 59.2 Å². The number of ether oxygens (including phenoxy) is 1. The molecule has 2 aromatic rings. The molecule has 0 bridgehead atoms. The summed E-state index contributed by atoms with van der Waals surface area (Å²) in [6.45, 7) is 2.31. The summed E-state index contributed by atoms with van der Waals surface area (Å²) in [5.41, 5.74) is 1.13. The van der Waals surface area contributed by atoms with Crippen LogP contribution in [0.2, 0.25) is 0 Å². The molecule has 2 aliphatic heterocycles. The lowest BCUT2D eigenvalue weighted by molar-refractivity contribution is -0.139. The maximum Gasteiger partial charge on any atom is 0.416 e. The molecule has 1 fully saturated rings. The monoisotopic (exact) mass is 450 g/mol. The van der Waals surface area contributed by atoms with Crippen LogP contribution in [0.25, 0.3) is 0 Å². The number of benzene rings is 2. The van der Waals surface area contributed by atoms with E-state index in [0.29, 0.717) is 34.9 Å². The van der Waals surface area contributed by atoms with Crippen LogP contribution in [0, 0.1) is 0 Å². The zero-order chi connectivity index (χ0) is 22.4. The Kier molecular flexibility index (Phi) is 5.41. The summed E-state index contributed by atoms with van der Waals surface area (Å²) in [7, 11) is 1.53. The van der Waals surface area contributed by atoms with Crippen LogP contribution in [0.1, 0.15) is 30.0 Å². The number of thioether (sulfide) groups is 1. The van der Waals surface area contributed by atoms with Crippen LogP contribution in [-0.4, -0.2) is 36.1 Å². The van der Waals surface area contributed by atoms with E-state index in [1.165, 1.54) is 31.0 Å². The van der Waals surface area contributed by atoms with E-state index < -0.39 is 16.6 Å². The van der Waals surface area contributed by atoms with Gasteiger partial charge in [0.25, 0.3) is 5.91 Å². The van der Waals surface area contributed by atoms with E-state index in [1.54, 1.807) is 34.9 Å². The molecule has 31 heavy (non-hydrogen) atoms. The van der Waals surface area contributed by atoms with Crippen molar-refractivity contribution >= 4 is 29.3 Å². The van der Waals surface area contributed by atoms with Gasteiger partial charge in [-0.2, -0.15) is 13.2 Å². The van der Waals surface area contributed by atoms with E-state index in [4.69, 9.17) is 4.74 Å². The Balaban J connectivity index is 1.76. The number of amides is 2. The average Bonchev–Trinajstić information content (AvgIpc) is 3.30. The minimum absolute atomic E-state index is 0.104. The number of nitrogens with zero attached hydrogens (tertiary/aromatic N) is 2. The first-order valence-electron chi connectivity index (χ1n) is 9.83. The van der Waals surface area contributed by atoms with Crippen LogP contribution in [0.4, 0.5) is 18.9 Å². The maximum absolute atomic E-state index is 13.7. The lowest BCUT2D eigenvalue weighted by Crippen LogP contribution is -2.50. The fourth-order valence-corrected chi connectivity index (χ4v) is 5.58. The van der Waals surface area contributed by atoms with E-state index >= 15 is 0 Å². The van der Waals surface area contributed by atoms with Crippen molar-refractivity contribution in [3.8, 4) is 5.75 Å². The molecule has 0 saturated carbocycles. The van der Waals surface area contributed by atoms with Crippen molar-refractivity contribution in [1.82, 2.24) is 4.90 Å². The van der Waals surface area contributed by atoms with Gasteiger partial charge in [0, 0.05) is 24.3 Å². The van der Waals surface area contributed by atoms with Gasteiger partial charge in [-0.25, -0.2) is 0 Å². The van der Waals surface area contributed by atoms with Gasteiger partial charge < -0.3 is 14.5 Å². The summed E-state index contributed by atoms with van der Waals surface area (Å²) < 4.78 is 44.0. The molecule has 0 radical (unpaired) electrons. The van der Waals surface area contributed by atoms with Crippen molar-refractivity contribution in [1.29, 1.82) is 0 Å². The lowest BCUT2D eigenvalue weighted by atomic mass is 10.0. The maximum atomic E-state index is 13.7. The van der Waals surface area contributed by atoms with Crippen LogP contribution in [-0.2, 0) is 27.2 Å². The number of hydrogen-bond acceptors (Lipinski definition) is 4. The van der Waals surface area contributed by atoms with Gasteiger partial charge in [0.1, 0.15) is 5.75 Å². The number of methoxy groups -OCH3 is 1. The van der Waals surface area contributed by atoms with E-state index in [2.05, 4.69) is 0 Å². The van der Waals surface area contributed by atoms with Gasteiger partial charge in [0.05, 0.1) is 24.9 Å². The summed E-state index contributed by atoms with van der Waals surface area (Å²) in [6, 6.07) is 10.0. The first-order valence-corrected chi connectivity index (χ1v) is 10.8. The highest BCUT2D eigenvalue weighted by Gasteiger charge is 2.59. The Morgan fingerprint density at radius 2 is 1.90 bits per heavy atom. The number of carbonyl (C=O) groups excluding carboxylic acids is 2. The first-order chi connectivity index (χ1) is 14.7. The molecule has 0 aliphatic carbocycles. The van der Waals surface area contributed by atoms with Crippen LogP contribution < -0.4 is 9.64 Å². The fraction of sp³-hybridized carbons (Fsp3) is 0.364. The number of anilines is 1. The van der Waals surface area contributed by atoms with Crippen molar-refractivity contribution in [2.75, 3.05) is 24.3 Å². The summed E-state index contributed by atoms with van der Waals surface area (Å²) in [6.07, 6.45) is -4.15. The Morgan fingerprint density at radius 1 is 1.19 bits per heavy atom. The second-order valence-electron chi connectivity index (χ2n) is 7.36. The molecule has 0 unspecified atom stereocenters. The molecule has 9 heteroatoms. The minimum atomic E-state index is -4.42. The average molecular weight is 450 g/mol. The zero-order valence-corrected chi connectivity index (χ0v) is 17.8. The highest BCUT2D eigenvalue weighted by atomic mass is 32.2. The SMILES string of the molecule is CCC(=O)N1CCS[C@@]12C(=O)N(Cc1ccc(C(F)(F)F)cc1)c1ccc(OC)cc12. The third kappa shape index (κ3) is 3.44. The molecule has 2 amide bonds. The van der Waals surface area contributed by atoms with Gasteiger partial charge in [-0.05, 0) is 35.9 Å². The van der Waals surface area contributed by atoms with E-state index in [0.717, 1.165) is 12.1 Å².